The molecule has 0 aromatic heterocycles. The van der Waals surface area contributed by atoms with Crippen LogP contribution in [0.3, 0.4) is 0 Å². The maximum Gasteiger partial charge on any atom is 0.340 e. The first-order valence-corrected chi connectivity index (χ1v) is 9.02. The summed E-state index contributed by atoms with van der Waals surface area (Å²) >= 11 is 3.30. The molecule has 0 radical (unpaired) electrons. The van der Waals surface area contributed by atoms with Crippen LogP contribution in [0.1, 0.15) is 13.8 Å². The topological polar surface area (TPSA) is 111 Å². The van der Waals surface area contributed by atoms with Gasteiger partial charge in [-0.2, -0.15) is 0 Å². The Kier molecular flexibility index (Phi) is 7.17. The van der Waals surface area contributed by atoms with E-state index in [1.807, 2.05) is 0 Å². The molecule has 27 heavy (non-hydrogen) atoms. The van der Waals surface area contributed by atoms with Crippen molar-refractivity contribution >= 4 is 45.4 Å². The molecule has 0 saturated heterocycles. The molecule has 146 valence electrons. The highest BCUT2D eigenvalue weighted by atomic mass is 79.9. The molecule has 9 nitrogen and oxygen atoms in total. The zero-order valence-electron chi connectivity index (χ0n) is 14.8. The van der Waals surface area contributed by atoms with Gasteiger partial charge in [0.15, 0.2) is 6.61 Å². The van der Waals surface area contributed by atoms with Crippen LogP contribution in [0.5, 0.6) is 5.75 Å². The maximum absolute atomic E-state index is 12.4. The molecular formula is C17H19BrN2O7. The van der Waals surface area contributed by atoms with Crippen molar-refractivity contribution < 1.29 is 33.4 Å². The Hall–Kier alpha value is -2.62. The number of amides is 2. The second-order valence-corrected chi connectivity index (χ2v) is 6.30. The van der Waals surface area contributed by atoms with Gasteiger partial charge >= 0.3 is 11.9 Å². The minimum atomic E-state index is -1.60. The third-order valence-electron chi connectivity index (χ3n) is 3.52. The maximum atomic E-state index is 12.4. The van der Waals surface area contributed by atoms with Gasteiger partial charge in [0.05, 0.1) is 18.9 Å². The van der Waals surface area contributed by atoms with Crippen LogP contribution < -0.4 is 15.0 Å². The largest absolute Gasteiger partial charge is 0.482 e. The Morgan fingerprint density at radius 2 is 1.85 bits per heavy atom. The lowest BCUT2D eigenvalue weighted by atomic mass is 10.2. The van der Waals surface area contributed by atoms with E-state index in [1.165, 1.54) is 4.90 Å². The molecule has 1 heterocycles. The summed E-state index contributed by atoms with van der Waals surface area (Å²) in [5.41, 5.74) is 0.411. The lowest BCUT2D eigenvalue weighted by molar-refractivity contribution is -0.159. The number of halogens is 1. The molecule has 1 aliphatic rings. The van der Waals surface area contributed by atoms with E-state index in [0.29, 0.717) is 11.4 Å². The molecule has 1 aromatic carbocycles. The van der Waals surface area contributed by atoms with Crippen molar-refractivity contribution in [1.82, 2.24) is 5.32 Å². The first-order valence-electron chi connectivity index (χ1n) is 8.22. The highest BCUT2D eigenvalue weighted by molar-refractivity contribution is 9.10. The Labute approximate surface area is 164 Å². The van der Waals surface area contributed by atoms with Crippen LogP contribution in [0.2, 0.25) is 0 Å². The first-order chi connectivity index (χ1) is 12.9. The predicted molar refractivity (Wildman–Crippen MR) is 97.2 cm³/mol. The molecule has 0 saturated carbocycles. The van der Waals surface area contributed by atoms with E-state index in [-0.39, 0.29) is 19.8 Å². The minimum absolute atomic E-state index is 0.0365. The number of nitrogens with one attached hydrogen (secondary N) is 1. The van der Waals surface area contributed by atoms with Gasteiger partial charge in [-0.3, -0.25) is 14.5 Å². The third kappa shape index (κ3) is 5.19. The fraction of sp³-hybridized carbons (Fsp3) is 0.412. The summed E-state index contributed by atoms with van der Waals surface area (Å²) in [7, 11) is 0. The molecular weight excluding hydrogens is 424 g/mol. The lowest BCUT2D eigenvalue weighted by Crippen LogP contribution is -2.52. The van der Waals surface area contributed by atoms with Crippen LogP contribution in [-0.4, -0.2) is 56.2 Å². The number of rotatable bonds is 7. The van der Waals surface area contributed by atoms with Crippen molar-refractivity contribution in [2.45, 2.75) is 19.9 Å². The van der Waals surface area contributed by atoms with Crippen LogP contribution >= 0.6 is 15.9 Å². The Bertz CT molecular complexity index is 735. The molecule has 2 rings (SSSR count). The highest BCUT2D eigenvalue weighted by Gasteiger charge is 2.33. The van der Waals surface area contributed by atoms with Crippen molar-refractivity contribution in [3.8, 4) is 5.75 Å². The van der Waals surface area contributed by atoms with Gasteiger partial charge in [0.1, 0.15) is 12.3 Å². The fourth-order valence-electron chi connectivity index (χ4n) is 2.37. The molecule has 0 unspecified atom stereocenters. The number of nitrogens with zero attached hydrogens (tertiary/aromatic N) is 1. The van der Waals surface area contributed by atoms with E-state index in [9.17, 15) is 19.2 Å². The molecule has 0 aliphatic carbocycles. The normalized spacial score (nSPS) is 12.9. The van der Waals surface area contributed by atoms with Gasteiger partial charge < -0.3 is 19.5 Å². The molecule has 1 aliphatic heterocycles. The van der Waals surface area contributed by atoms with E-state index in [4.69, 9.17) is 14.2 Å². The molecule has 0 spiro atoms. The van der Waals surface area contributed by atoms with Gasteiger partial charge in [0.2, 0.25) is 11.9 Å². The molecule has 0 fully saturated rings. The number of hydrogen-bond acceptors (Lipinski definition) is 7. The van der Waals surface area contributed by atoms with Crippen LogP contribution in [0.4, 0.5) is 5.69 Å². The second-order valence-electron chi connectivity index (χ2n) is 5.39. The van der Waals surface area contributed by atoms with E-state index >= 15 is 0 Å². The minimum Gasteiger partial charge on any atom is -0.482 e. The van der Waals surface area contributed by atoms with Gasteiger partial charge in [0, 0.05) is 4.47 Å². The fourth-order valence-corrected chi connectivity index (χ4v) is 2.71. The van der Waals surface area contributed by atoms with Crippen molar-refractivity contribution in [2.75, 3.05) is 31.3 Å². The quantitative estimate of drug-likeness (QED) is 0.490. The summed E-state index contributed by atoms with van der Waals surface area (Å²) in [6, 6.07) is 3.40. The molecule has 1 aromatic rings. The summed E-state index contributed by atoms with van der Waals surface area (Å²) in [5, 5.41) is 2.26. The highest BCUT2D eigenvalue weighted by Crippen LogP contribution is 2.34. The van der Waals surface area contributed by atoms with Crippen molar-refractivity contribution in [3.63, 3.8) is 0 Å². The predicted octanol–water partition coefficient (Wildman–Crippen LogP) is 0.785. The average molecular weight is 443 g/mol. The number of benzene rings is 1. The third-order valence-corrected chi connectivity index (χ3v) is 4.01. The zero-order chi connectivity index (χ0) is 20.0. The Morgan fingerprint density at radius 3 is 2.44 bits per heavy atom. The smallest absolute Gasteiger partial charge is 0.340 e. The van der Waals surface area contributed by atoms with E-state index in [0.717, 1.165) is 4.47 Å². The monoisotopic (exact) mass is 442 g/mol. The average Bonchev–Trinajstić information content (AvgIpc) is 2.62. The second kappa shape index (κ2) is 9.36. The number of carbonyl (C=O) groups excluding carboxylic acids is 4. The summed E-state index contributed by atoms with van der Waals surface area (Å²) in [6.45, 7) is 2.60. The molecule has 2 amide bonds. The zero-order valence-corrected chi connectivity index (χ0v) is 16.4. The van der Waals surface area contributed by atoms with Crippen molar-refractivity contribution in [3.05, 3.63) is 22.7 Å². The standard InChI is InChI=1S/C17H19BrN2O7/c1-3-25-16(23)15(17(24)26-4-2)19-13(21)8-20-11-6-5-10(18)7-12(11)27-9-14(20)22/h5-7,15H,3-4,8-9H2,1-2H3,(H,19,21). The van der Waals surface area contributed by atoms with Crippen molar-refractivity contribution in [2.24, 2.45) is 0 Å². The van der Waals surface area contributed by atoms with Gasteiger partial charge in [-0.1, -0.05) is 15.9 Å². The van der Waals surface area contributed by atoms with Gasteiger partial charge in [0.25, 0.3) is 5.91 Å². The number of esters is 2. The summed E-state index contributed by atoms with van der Waals surface area (Å²) in [4.78, 5) is 49.7. The number of carbonyl (C=O) groups is 4. The number of fused-ring (bicyclic) bond motifs is 1. The summed E-state index contributed by atoms with van der Waals surface area (Å²) < 4.78 is 15.7. The van der Waals surface area contributed by atoms with E-state index in [2.05, 4.69) is 21.2 Å². The Balaban J connectivity index is 2.14. The van der Waals surface area contributed by atoms with Crippen molar-refractivity contribution in [1.29, 1.82) is 0 Å². The van der Waals surface area contributed by atoms with E-state index in [1.54, 1.807) is 32.0 Å². The van der Waals surface area contributed by atoms with Crippen LogP contribution in [0.25, 0.3) is 0 Å². The SMILES string of the molecule is CCOC(=O)C(NC(=O)CN1C(=O)COc2cc(Br)ccc21)C(=O)OCC. The first kappa shape index (κ1) is 20.7. The van der Waals surface area contributed by atoms with E-state index < -0.39 is 36.3 Å². The summed E-state index contributed by atoms with van der Waals surface area (Å²) in [6.07, 6.45) is 0. The van der Waals surface area contributed by atoms with Gasteiger partial charge in [-0.05, 0) is 32.0 Å². The van der Waals surface area contributed by atoms with Gasteiger partial charge in [-0.25, -0.2) is 9.59 Å². The lowest BCUT2D eigenvalue weighted by Gasteiger charge is -2.29. The number of anilines is 1. The molecule has 0 bridgehead atoms. The number of ether oxygens (including phenoxy) is 3. The Morgan fingerprint density at radius 1 is 1.22 bits per heavy atom. The molecule has 10 heteroatoms. The van der Waals surface area contributed by atoms with Crippen LogP contribution in [-0.2, 0) is 28.7 Å². The van der Waals surface area contributed by atoms with Crippen LogP contribution in [0.15, 0.2) is 22.7 Å². The van der Waals surface area contributed by atoms with Crippen LogP contribution in [0, 0.1) is 0 Å². The van der Waals surface area contributed by atoms with Gasteiger partial charge in [-0.15, -0.1) is 0 Å². The summed E-state index contributed by atoms with van der Waals surface area (Å²) in [5.74, 6) is -2.57. The number of hydrogen-bond donors (Lipinski definition) is 1. The molecule has 0 atom stereocenters. The molecule has 1 N–H and O–H groups in total.